The van der Waals surface area contributed by atoms with Crippen LogP contribution in [0.2, 0.25) is 0 Å². The molecule has 0 radical (unpaired) electrons. The average molecular weight is 380 g/mol. The Balaban J connectivity index is 1.04. The molecule has 2 atom stereocenters. The molecule has 2 amide bonds. The molecule has 1 aromatic carbocycles. The van der Waals surface area contributed by atoms with Gasteiger partial charge in [0.25, 0.3) is 0 Å². The first-order chi connectivity index (χ1) is 13.6. The lowest BCUT2D eigenvalue weighted by molar-refractivity contribution is -0.140. The molecule has 2 bridgehead atoms. The van der Waals surface area contributed by atoms with Crippen LogP contribution in [0.1, 0.15) is 49.1 Å². The van der Waals surface area contributed by atoms with E-state index in [4.69, 9.17) is 4.74 Å². The monoisotopic (exact) mass is 380 g/mol. The molecule has 3 heterocycles. The van der Waals surface area contributed by atoms with E-state index in [-0.39, 0.29) is 30.4 Å². The Labute approximate surface area is 166 Å². The van der Waals surface area contributed by atoms with Crippen molar-refractivity contribution in [2.75, 3.05) is 32.8 Å². The number of amides is 2. The number of benzene rings is 1. The largest absolute Gasteiger partial charge is 0.370 e. The molecule has 6 fully saturated rings. The van der Waals surface area contributed by atoms with Gasteiger partial charge in [0.15, 0.2) is 5.78 Å². The predicted octanol–water partition coefficient (Wildman–Crippen LogP) is 2.94. The maximum absolute atomic E-state index is 12.9. The summed E-state index contributed by atoms with van der Waals surface area (Å²) in [5.74, 6) is 1.82. The summed E-state index contributed by atoms with van der Waals surface area (Å²) in [6.07, 6.45) is 5.76. The Bertz CT molecular complexity index is 797. The van der Waals surface area contributed by atoms with E-state index in [0.29, 0.717) is 24.3 Å². The molecule has 0 aromatic heterocycles. The number of carbonyl (C=O) groups excluding carboxylic acids is 2. The van der Waals surface area contributed by atoms with E-state index in [1.165, 1.54) is 30.4 Å². The van der Waals surface area contributed by atoms with Crippen molar-refractivity contribution < 1.29 is 14.3 Å². The standard InChI is InChI=1S/C23H28N2O3/c26-20-7-17-11-24(6-5-21(17)28-14-20)22(27)25-12-18(13-25)16-1-3-19(4-2-16)23-8-15(9-23)10-23/h1-4,15,17-18,21H,5-14H2/t15?,17-,21+,23?/m1/s1. The summed E-state index contributed by atoms with van der Waals surface area (Å²) in [5.41, 5.74) is 3.42. The van der Waals surface area contributed by atoms with Gasteiger partial charge in [0.1, 0.15) is 6.61 Å². The van der Waals surface area contributed by atoms with Crippen molar-refractivity contribution in [3.05, 3.63) is 35.4 Å². The van der Waals surface area contributed by atoms with Crippen LogP contribution in [0.3, 0.4) is 0 Å². The lowest BCUT2D eigenvalue weighted by Gasteiger charge is -2.62. The smallest absolute Gasteiger partial charge is 0.320 e. The average Bonchev–Trinajstić information content (AvgIpc) is 2.58. The number of hydrogen-bond donors (Lipinski definition) is 0. The quantitative estimate of drug-likeness (QED) is 0.793. The predicted molar refractivity (Wildman–Crippen MR) is 104 cm³/mol. The minimum absolute atomic E-state index is 0.137. The van der Waals surface area contributed by atoms with Gasteiger partial charge < -0.3 is 14.5 Å². The summed E-state index contributed by atoms with van der Waals surface area (Å²) >= 11 is 0. The number of Topliss-reactive ketones (excluding diaryl/α,β-unsaturated/α-hetero) is 1. The summed E-state index contributed by atoms with van der Waals surface area (Å²) in [7, 11) is 0. The van der Waals surface area contributed by atoms with Crippen molar-refractivity contribution >= 4 is 11.8 Å². The third-order valence-corrected chi connectivity index (χ3v) is 8.07. The number of rotatable bonds is 2. The molecule has 6 aliphatic rings. The highest BCUT2D eigenvalue weighted by Gasteiger charge is 2.57. The Morgan fingerprint density at radius 3 is 2.46 bits per heavy atom. The van der Waals surface area contributed by atoms with Gasteiger partial charge in [0.05, 0.1) is 6.10 Å². The van der Waals surface area contributed by atoms with E-state index < -0.39 is 0 Å². The van der Waals surface area contributed by atoms with Crippen LogP contribution in [0.4, 0.5) is 4.79 Å². The van der Waals surface area contributed by atoms with E-state index >= 15 is 0 Å². The van der Waals surface area contributed by atoms with Crippen molar-refractivity contribution in [3.8, 4) is 0 Å². The minimum atomic E-state index is 0.137. The minimum Gasteiger partial charge on any atom is -0.370 e. The molecular formula is C23H28N2O3. The Morgan fingerprint density at radius 1 is 1.04 bits per heavy atom. The van der Waals surface area contributed by atoms with Crippen LogP contribution in [0.15, 0.2) is 24.3 Å². The molecule has 3 aliphatic heterocycles. The second-order valence-corrected chi connectivity index (χ2v) is 9.85. The van der Waals surface area contributed by atoms with E-state index in [1.54, 1.807) is 0 Å². The van der Waals surface area contributed by atoms with Crippen molar-refractivity contribution in [1.29, 1.82) is 0 Å². The van der Waals surface area contributed by atoms with Crippen molar-refractivity contribution in [3.63, 3.8) is 0 Å². The molecule has 0 N–H and O–H groups in total. The van der Waals surface area contributed by atoms with E-state index in [9.17, 15) is 9.59 Å². The fourth-order valence-corrected chi connectivity index (χ4v) is 6.14. The van der Waals surface area contributed by atoms with Crippen molar-refractivity contribution in [2.24, 2.45) is 11.8 Å². The number of ketones is 1. The molecule has 3 aliphatic carbocycles. The van der Waals surface area contributed by atoms with Crippen LogP contribution < -0.4 is 0 Å². The number of likely N-dealkylation sites (tertiary alicyclic amines) is 2. The van der Waals surface area contributed by atoms with Crippen LogP contribution in [0.25, 0.3) is 0 Å². The first-order valence-electron chi connectivity index (χ1n) is 10.9. The SMILES string of the molecule is O=C1CO[C@H]2CCN(C(=O)N3CC(c4ccc(C56CC(C5)C6)cc4)C3)C[C@H]2C1. The Hall–Kier alpha value is -1.88. The lowest BCUT2D eigenvalue weighted by atomic mass is 9.42. The van der Waals surface area contributed by atoms with E-state index in [2.05, 4.69) is 24.3 Å². The Kier molecular flexibility index (Phi) is 3.68. The number of nitrogens with zero attached hydrogens (tertiary/aromatic N) is 2. The molecule has 0 unspecified atom stereocenters. The molecule has 0 spiro atoms. The molecule has 5 heteroatoms. The maximum atomic E-state index is 12.9. The number of carbonyl (C=O) groups is 2. The normalized spacial score (nSPS) is 36.9. The Morgan fingerprint density at radius 2 is 1.79 bits per heavy atom. The molecule has 3 saturated heterocycles. The van der Waals surface area contributed by atoms with Gasteiger partial charge in [-0.1, -0.05) is 24.3 Å². The molecule has 1 aromatic rings. The van der Waals surface area contributed by atoms with Crippen molar-refractivity contribution in [1.82, 2.24) is 9.80 Å². The number of urea groups is 1. The molecule has 28 heavy (non-hydrogen) atoms. The molecule has 5 nitrogen and oxygen atoms in total. The first-order valence-corrected chi connectivity index (χ1v) is 10.9. The second-order valence-electron chi connectivity index (χ2n) is 9.85. The van der Waals surface area contributed by atoms with Crippen molar-refractivity contribution in [2.45, 2.75) is 49.5 Å². The van der Waals surface area contributed by atoms with E-state index in [0.717, 1.165) is 32.0 Å². The number of hydrogen-bond acceptors (Lipinski definition) is 3. The number of piperidine rings is 1. The highest BCUT2D eigenvalue weighted by atomic mass is 16.5. The zero-order valence-electron chi connectivity index (χ0n) is 16.3. The van der Waals surface area contributed by atoms with Gasteiger partial charge in [-0.25, -0.2) is 4.79 Å². The van der Waals surface area contributed by atoms with Crippen LogP contribution in [-0.2, 0) is 14.9 Å². The zero-order chi connectivity index (χ0) is 18.9. The maximum Gasteiger partial charge on any atom is 0.320 e. The topological polar surface area (TPSA) is 49.9 Å². The highest BCUT2D eigenvalue weighted by Crippen LogP contribution is 2.65. The van der Waals surface area contributed by atoms with Crippen LogP contribution in [0.5, 0.6) is 0 Å². The number of fused-ring (bicyclic) bond motifs is 1. The van der Waals surface area contributed by atoms with Gasteiger partial charge >= 0.3 is 6.03 Å². The van der Waals surface area contributed by atoms with Gasteiger partial charge in [0, 0.05) is 44.4 Å². The lowest BCUT2D eigenvalue weighted by Crippen LogP contribution is -2.58. The fraction of sp³-hybridized carbons (Fsp3) is 0.652. The van der Waals surface area contributed by atoms with Crippen LogP contribution in [-0.4, -0.2) is 60.5 Å². The van der Waals surface area contributed by atoms with Gasteiger partial charge in [0.2, 0.25) is 0 Å². The van der Waals surface area contributed by atoms with Gasteiger partial charge in [-0.05, 0) is 48.1 Å². The third kappa shape index (κ3) is 2.55. The molecular weight excluding hydrogens is 352 g/mol. The molecule has 3 saturated carbocycles. The highest BCUT2D eigenvalue weighted by molar-refractivity contribution is 5.81. The van der Waals surface area contributed by atoms with E-state index in [1.807, 2.05) is 9.80 Å². The summed E-state index contributed by atoms with van der Waals surface area (Å²) in [6.45, 7) is 3.28. The molecule has 7 rings (SSSR count). The fourth-order valence-electron chi connectivity index (χ4n) is 6.14. The number of ether oxygens (including phenoxy) is 1. The van der Waals surface area contributed by atoms with Gasteiger partial charge in [-0.15, -0.1) is 0 Å². The third-order valence-electron chi connectivity index (χ3n) is 8.07. The van der Waals surface area contributed by atoms with Crippen LogP contribution in [0, 0.1) is 11.8 Å². The second kappa shape index (κ2) is 6.06. The summed E-state index contributed by atoms with van der Waals surface area (Å²) in [6, 6.07) is 9.38. The first kappa shape index (κ1) is 17.0. The van der Waals surface area contributed by atoms with Gasteiger partial charge in [-0.2, -0.15) is 0 Å². The van der Waals surface area contributed by atoms with Crippen LogP contribution >= 0.6 is 0 Å². The van der Waals surface area contributed by atoms with Gasteiger partial charge in [-0.3, -0.25) is 4.79 Å². The zero-order valence-corrected chi connectivity index (χ0v) is 16.3. The molecule has 148 valence electrons. The summed E-state index contributed by atoms with van der Waals surface area (Å²) in [5, 5.41) is 0. The summed E-state index contributed by atoms with van der Waals surface area (Å²) < 4.78 is 5.65. The summed E-state index contributed by atoms with van der Waals surface area (Å²) in [4.78, 5) is 28.4.